The summed E-state index contributed by atoms with van der Waals surface area (Å²) in [6.07, 6.45) is 4.80. The number of ether oxygens (including phenoxy) is 1. The molecule has 1 aliphatic heterocycles. The number of imide groups is 1. The first-order chi connectivity index (χ1) is 13.3. The second-order valence-corrected chi connectivity index (χ2v) is 7.84. The fourth-order valence-corrected chi connectivity index (χ4v) is 4.49. The van der Waals surface area contributed by atoms with E-state index in [1.165, 1.54) is 0 Å². The topological polar surface area (TPSA) is 92.8 Å². The molecular formula is C20H19ClN2O5. The molecule has 1 heterocycles. The van der Waals surface area contributed by atoms with Crippen molar-refractivity contribution in [1.29, 1.82) is 0 Å². The molecule has 0 unspecified atom stereocenters. The van der Waals surface area contributed by atoms with Gasteiger partial charge in [0.05, 0.1) is 11.8 Å². The van der Waals surface area contributed by atoms with E-state index in [1.807, 2.05) is 19.1 Å². The van der Waals surface area contributed by atoms with Gasteiger partial charge in [-0.3, -0.25) is 24.1 Å². The number of halogens is 1. The molecule has 2 aliphatic carbocycles. The summed E-state index contributed by atoms with van der Waals surface area (Å²) >= 11 is 6.00. The molecule has 1 saturated heterocycles. The first-order valence-corrected chi connectivity index (χ1v) is 9.48. The molecule has 4 rings (SSSR count). The lowest BCUT2D eigenvalue weighted by Crippen LogP contribution is -2.38. The van der Waals surface area contributed by atoms with Gasteiger partial charge in [-0.25, -0.2) is 0 Å². The van der Waals surface area contributed by atoms with Gasteiger partial charge >= 0.3 is 5.97 Å². The number of anilines is 1. The van der Waals surface area contributed by atoms with Crippen molar-refractivity contribution in [3.05, 3.63) is 40.9 Å². The van der Waals surface area contributed by atoms with E-state index in [0.717, 1.165) is 16.9 Å². The Hall–Kier alpha value is -2.67. The maximum atomic E-state index is 12.5. The standard InChI is InChI=1S/C20H19ClN2O5/c1-10-2-5-13(7-14(10)21)22-15(24)9-28-16(25)8-23-19(26)17-11-3-4-12(6-11)18(17)20(23)27/h2-5,7,11-12,17-18H,6,8-9H2,1H3,(H,22,24)/t11-,12-,17-,18-/m0/s1. The van der Waals surface area contributed by atoms with Gasteiger partial charge in [-0.2, -0.15) is 0 Å². The highest BCUT2D eigenvalue weighted by molar-refractivity contribution is 6.31. The first kappa shape index (κ1) is 18.7. The SMILES string of the molecule is Cc1ccc(NC(=O)COC(=O)CN2C(=O)[C@@H]3[C@@H](C2=O)[C@H]2C=C[C@H]3C2)cc1Cl. The molecule has 7 nitrogen and oxygen atoms in total. The minimum atomic E-state index is -0.793. The van der Waals surface area contributed by atoms with Gasteiger partial charge in [-0.1, -0.05) is 29.8 Å². The lowest BCUT2D eigenvalue weighted by molar-refractivity contribution is -0.154. The number of likely N-dealkylation sites (tertiary alicyclic amines) is 1. The van der Waals surface area contributed by atoms with Gasteiger partial charge in [0.25, 0.3) is 5.91 Å². The number of rotatable bonds is 5. The van der Waals surface area contributed by atoms with Crippen molar-refractivity contribution in [2.24, 2.45) is 23.7 Å². The van der Waals surface area contributed by atoms with Crippen LogP contribution in [0, 0.1) is 30.6 Å². The van der Waals surface area contributed by atoms with Crippen LogP contribution in [0.3, 0.4) is 0 Å². The van der Waals surface area contributed by atoms with Crippen LogP contribution in [0.5, 0.6) is 0 Å². The van der Waals surface area contributed by atoms with Crippen molar-refractivity contribution in [3.8, 4) is 0 Å². The average Bonchev–Trinajstić information content (AvgIpc) is 3.33. The lowest BCUT2D eigenvalue weighted by atomic mass is 9.85. The molecule has 4 atom stereocenters. The molecule has 1 aromatic rings. The van der Waals surface area contributed by atoms with E-state index in [1.54, 1.807) is 18.2 Å². The van der Waals surface area contributed by atoms with Gasteiger partial charge in [-0.05, 0) is 42.9 Å². The minimum absolute atomic E-state index is 0.0829. The average molecular weight is 403 g/mol. The Morgan fingerprint density at radius 2 is 1.82 bits per heavy atom. The van der Waals surface area contributed by atoms with Gasteiger partial charge in [-0.15, -0.1) is 0 Å². The molecule has 146 valence electrons. The van der Waals surface area contributed by atoms with Gasteiger partial charge in [0, 0.05) is 10.7 Å². The number of nitrogens with one attached hydrogen (secondary N) is 1. The van der Waals surface area contributed by atoms with Crippen molar-refractivity contribution in [3.63, 3.8) is 0 Å². The van der Waals surface area contributed by atoms with Gasteiger partial charge in [0.15, 0.2) is 6.61 Å². The molecule has 0 radical (unpaired) electrons. The maximum absolute atomic E-state index is 12.5. The molecule has 0 aromatic heterocycles. The number of aryl methyl sites for hydroxylation is 1. The van der Waals surface area contributed by atoms with Crippen molar-refractivity contribution in [2.75, 3.05) is 18.5 Å². The summed E-state index contributed by atoms with van der Waals surface area (Å²) in [5, 5.41) is 3.08. The van der Waals surface area contributed by atoms with Crippen LogP contribution < -0.4 is 5.32 Å². The highest BCUT2D eigenvalue weighted by Gasteiger charge is 2.59. The number of carbonyl (C=O) groups excluding carboxylic acids is 4. The number of amides is 3. The fourth-order valence-electron chi connectivity index (χ4n) is 4.31. The van der Waals surface area contributed by atoms with E-state index in [4.69, 9.17) is 16.3 Å². The molecule has 1 saturated carbocycles. The Balaban J connectivity index is 1.29. The van der Waals surface area contributed by atoms with E-state index in [9.17, 15) is 19.2 Å². The maximum Gasteiger partial charge on any atom is 0.326 e. The number of nitrogens with zero attached hydrogens (tertiary/aromatic N) is 1. The van der Waals surface area contributed by atoms with Crippen LogP contribution in [-0.2, 0) is 23.9 Å². The van der Waals surface area contributed by atoms with E-state index < -0.39 is 25.0 Å². The summed E-state index contributed by atoms with van der Waals surface area (Å²) in [4.78, 5) is 50.0. The Kier molecular flexibility index (Phi) is 4.71. The second kappa shape index (κ2) is 7.05. The highest BCUT2D eigenvalue weighted by atomic mass is 35.5. The smallest absolute Gasteiger partial charge is 0.326 e. The van der Waals surface area contributed by atoms with Crippen LogP contribution >= 0.6 is 11.6 Å². The Labute approximate surface area is 166 Å². The largest absolute Gasteiger partial charge is 0.454 e. The van der Waals surface area contributed by atoms with Crippen LogP contribution in [0.1, 0.15) is 12.0 Å². The van der Waals surface area contributed by atoms with Crippen molar-refractivity contribution >= 4 is 41.0 Å². The quantitative estimate of drug-likeness (QED) is 0.461. The predicted molar refractivity (Wildman–Crippen MR) is 100 cm³/mol. The summed E-state index contributed by atoms with van der Waals surface area (Å²) in [5.41, 5.74) is 1.36. The Morgan fingerprint density at radius 3 is 2.43 bits per heavy atom. The number of hydrogen-bond acceptors (Lipinski definition) is 5. The molecule has 3 amide bonds. The number of benzene rings is 1. The first-order valence-electron chi connectivity index (χ1n) is 9.10. The number of esters is 1. The van der Waals surface area contributed by atoms with Crippen molar-refractivity contribution < 1.29 is 23.9 Å². The minimum Gasteiger partial charge on any atom is -0.454 e. The predicted octanol–water partition coefficient (Wildman–Crippen LogP) is 1.94. The second-order valence-electron chi connectivity index (χ2n) is 7.44. The zero-order valence-electron chi connectivity index (χ0n) is 15.2. The zero-order chi connectivity index (χ0) is 20.0. The number of carbonyl (C=O) groups is 4. The van der Waals surface area contributed by atoms with E-state index >= 15 is 0 Å². The number of hydrogen-bond donors (Lipinski definition) is 1. The summed E-state index contributed by atoms with van der Waals surface area (Å²) in [7, 11) is 0. The van der Waals surface area contributed by atoms with E-state index in [0.29, 0.717) is 10.7 Å². The van der Waals surface area contributed by atoms with Crippen LogP contribution in [0.2, 0.25) is 5.02 Å². The zero-order valence-corrected chi connectivity index (χ0v) is 15.9. The lowest BCUT2D eigenvalue weighted by Gasteiger charge is -2.16. The molecule has 8 heteroatoms. The van der Waals surface area contributed by atoms with Crippen LogP contribution in [0.15, 0.2) is 30.4 Å². The Morgan fingerprint density at radius 1 is 1.18 bits per heavy atom. The molecular weight excluding hydrogens is 384 g/mol. The molecule has 28 heavy (non-hydrogen) atoms. The van der Waals surface area contributed by atoms with Crippen LogP contribution in [0.25, 0.3) is 0 Å². The van der Waals surface area contributed by atoms with Gasteiger partial charge < -0.3 is 10.1 Å². The third-order valence-electron chi connectivity index (χ3n) is 5.67. The van der Waals surface area contributed by atoms with Crippen molar-refractivity contribution in [1.82, 2.24) is 4.90 Å². The van der Waals surface area contributed by atoms with Crippen molar-refractivity contribution in [2.45, 2.75) is 13.3 Å². The summed E-state index contributed by atoms with van der Waals surface area (Å²) in [6, 6.07) is 5.04. The number of fused-ring (bicyclic) bond motifs is 5. The van der Waals surface area contributed by atoms with Crippen LogP contribution in [0.4, 0.5) is 5.69 Å². The normalized spacial score (nSPS) is 27.3. The summed E-state index contributed by atoms with van der Waals surface area (Å²) in [6.45, 7) is 0.861. The van der Waals surface area contributed by atoms with Gasteiger partial charge in [0.2, 0.25) is 11.8 Å². The monoisotopic (exact) mass is 402 g/mol. The molecule has 1 aromatic carbocycles. The highest BCUT2D eigenvalue weighted by Crippen LogP contribution is 2.52. The number of allylic oxidation sites excluding steroid dienone is 2. The summed E-state index contributed by atoms with van der Waals surface area (Å²) in [5.74, 6) is -2.51. The molecule has 0 spiro atoms. The third-order valence-corrected chi connectivity index (χ3v) is 6.08. The molecule has 2 bridgehead atoms. The fraction of sp³-hybridized carbons (Fsp3) is 0.400. The molecule has 3 aliphatic rings. The third kappa shape index (κ3) is 3.20. The molecule has 1 N–H and O–H groups in total. The van der Waals surface area contributed by atoms with E-state index in [-0.39, 0.29) is 35.5 Å². The van der Waals surface area contributed by atoms with Crippen LogP contribution in [-0.4, -0.2) is 41.7 Å². The summed E-state index contributed by atoms with van der Waals surface area (Å²) < 4.78 is 4.93. The molecule has 2 fully saturated rings. The Bertz CT molecular complexity index is 882. The van der Waals surface area contributed by atoms with E-state index in [2.05, 4.69) is 5.32 Å². The van der Waals surface area contributed by atoms with Gasteiger partial charge in [0.1, 0.15) is 6.54 Å².